The first-order valence-corrected chi connectivity index (χ1v) is 9.67. The van der Waals surface area contributed by atoms with Crippen molar-refractivity contribution in [3.8, 4) is 0 Å². The fraction of sp³-hybridized carbons (Fsp3) is 0.444. The average molecular weight is 355 g/mol. The summed E-state index contributed by atoms with van der Waals surface area (Å²) in [5, 5.41) is 12.9. The van der Waals surface area contributed by atoms with E-state index in [0.717, 1.165) is 29.3 Å². The molecule has 0 radical (unpaired) electrons. The van der Waals surface area contributed by atoms with Gasteiger partial charge in [0, 0.05) is 16.9 Å². The number of fused-ring (bicyclic) bond motifs is 3. The Kier molecular flexibility index (Phi) is 4.57. The molecule has 1 aromatic carbocycles. The van der Waals surface area contributed by atoms with E-state index in [0.29, 0.717) is 16.8 Å². The lowest BCUT2D eigenvalue weighted by Gasteiger charge is -2.24. The van der Waals surface area contributed by atoms with E-state index in [1.54, 1.807) is 0 Å². The fourth-order valence-corrected chi connectivity index (χ4v) is 4.06. The number of carbonyl (C=O) groups is 1. The first-order chi connectivity index (χ1) is 12.2. The van der Waals surface area contributed by atoms with Gasteiger partial charge in [0.1, 0.15) is 5.52 Å². The van der Waals surface area contributed by atoms with E-state index in [9.17, 15) is 4.79 Å². The number of amides is 1. The van der Waals surface area contributed by atoms with Gasteiger partial charge in [0.15, 0.2) is 5.65 Å². The van der Waals surface area contributed by atoms with Crippen LogP contribution in [0.1, 0.15) is 39.0 Å². The molecule has 0 bridgehead atoms. The van der Waals surface area contributed by atoms with E-state index in [-0.39, 0.29) is 11.2 Å². The number of para-hydroxylation sites is 1. The summed E-state index contributed by atoms with van der Waals surface area (Å²) in [5.74, 6) is 0.0530. The van der Waals surface area contributed by atoms with Gasteiger partial charge in [0.05, 0.1) is 5.25 Å². The highest BCUT2D eigenvalue weighted by molar-refractivity contribution is 8.00. The molecule has 1 aliphatic carbocycles. The van der Waals surface area contributed by atoms with E-state index in [1.807, 2.05) is 31.2 Å². The number of hydrogen-bond acceptors (Lipinski definition) is 5. The molecule has 0 unspecified atom stereocenters. The highest BCUT2D eigenvalue weighted by atomic mass is 32.2. The molecule has 130 valence electrons. The Hall–Kier alpha value is -2.15. The molecule has 0 spiro atoms. The minimum atomic E-state index is -0.245. The highest BCUT2D eigenvalue weighted by Gasteiger charge is 2.21. The molecule has 3 aromatic rings. The third kappa shape index (κ3) is 3.46. The summed E-state index contributed by atoms with van der Waals surface area (Å²) < 4.78 is 0. The van der Waals surface area contributed by atoms with Crippen molar-refractivity contribution in [3.63, 3.8) is 0 Å². The zero-order valence-corrected chi connectivity index (χ0v) is 15.0. The molecular formula is C18H21N5OS. The molecule has 1 fully saturated rings. The Bertz CT molecular complexity index is 903. The van der Waals surface area contributed by atoms with Crippen LogP contribution in [-0.2, 0) is 4.79 Å². The first-order valence-electron chi connectivity index (χ1n) is 8.79. The lowest BCUT2D eigenvalue weighted by Crippen LogP contribution is -2.40. The Morgan fingerprint density at radius 3 is 2.88 bits per heavy atom. The van der Waals surface area contributed by atoms with E-state index >= 15 is 0 Å². The van der Waals surface area contributed by atoms with E-state index in [4.69, 9.17) is 0 Å². The molecule has 0 saturated heterocycles. The zero-order chi connectivity index (χ0) is 17.2. The van der Waals surface area contributed by atoms with Crippen molar-refractivity contribution in [1.29, 1.82) is 0 Å². The van der Waals surface area contributed by atoms with Gasteiger partial charge in [-0.15, -0.1) is 10.2 Å². The number of benzene rings is 1. The molecule has 1 amide bonds. The zero-order valence-electron chi connectivity index (χ0n) is 14.2. The average Bonchev–Trinajstić information content (AvgIpc) is 3.00. The monoisotopic (exact) mass is 355 g/mol. The van der Waals surface area contributed by atoms with Gasteiger partial charge in [-0.1, -0.05) is 49.2 Å². The number of carbonyl (C=O) groups excluding carboxylic acids is 1. The molecule has 6 nitrogen and oxygen atoms in total. The van der Waals surface area contributed by atoms with Gasteiger partial charge in [0.25, 0.3) is 0 Å². The van der Waals surface area contributed by atoms with Gasteiger partial charge in [-0.3, -0.25) is 4.79 Å². The number of hydrogen-bond donors (Lipinski definition) is 2. The van der Waals surface area contributed by atoms with Gasteiger partial charge < -0.3 is 10.3 Å². The molecule has 0 aliphatic heterocycles. The number of nitrogens with zero attached hydrogens (tertiary/aromatic N) is 3. The van der Waals surface area contributed by atoms with Gasteiger partial charge in [-0.2, -0.15) is 0 Å². The summed E-state index contributed by atoms with van der Waals surface area (Å²) in [4.78, 5) is 20.2. The normalized spacial score (nSPS) is 17.0. The predicted molar refractivity (Wildman–Crippen MR) is 99.5 cm³/mol. The molecule has 2 aromatic heterocycles. The number of H-pyrrole nitrogens is 1. The summed E-state index contributed by atoms with van der Waals surface area (Å²) in [5.41, 5.74) is 2.46. The SMILES string of the molecule is C[C@H](Sc1nnc2c(n1)[nH]c1ccccc12)C(=O)NC1CCCCC1. The van der Waals surface area contributed by atoms with Crippen LogP contribution in [0.15, 0.2) is 29.4 Å². The molecule has 25 heavy (non-hydrogen) atoms. The second-order valence-electron chi connectivity index (χ2n) is 6.57. The second kappa shape index (κ2) is 7.00. The Morgan fingerprint density at radius 1 is 1.24 bits per heavy atom. The largest absolute Gasteiger partial charge is 0.352 e. The van der Waals surface area contributed by atoms with Crippen molar-refractivity contribution in [3.05, 3.63) is 24.3 Å². The van der Waals surface area contributed by atoms with Gasteiger partial charge in [0.2, 0.25) is 11.1 Å². The molecule has 1 aliphatic rings. The molecule has 7 heteroatoms. The topological polar surface area (TPSA) is 83.6 Å². The maximum atomic E-state index is 12.4. The summed E-state index contributed by atoms with van der Waals surface area (Å²) in [7, 11) is 0. The van der Waals surface area contributed by atoms with Crippen molar-refractivity contribution in [2.75, 3.05) is 0 Å². The predicted octanol–water partition coefficient (Wildman–Crippen LogP) is 3.44. The summed E-state index contributed by atoms with van der Waals surface area (Å²) in [6.07, 6.45) is 5.86. The first kappa shape index (κ1) is 16.3. The van der Waals surface area contributed by atoms with Crippen molar-refractivity contribution < 1.29 is 4.79 Å². The lowest BCUT2D eigenvalue weighted by atomic mass is 9.95. The molecule has 2 N–H and O–H groups in total. The maximum absolute atomic E-state index is 12.4. The molecule has 4 rings (SSSR count). The van der Waals surface area contributed by atoms with Crippen LogP contribution in [0.5, 0.6) is 0 Å². The van der Waals surface area contributed by atoms with E-state index in [1.165, 1.54) is 31.0 Å². The fourth-order valence-electron chi connectivity index (χ4n) is 3.33. The standard InChI is InChI=1S/C18H21N5OS/c1-11(17(24)19-12-7-3-2-4-8-12)25-18-21-16-15(22-23-18)13-9-5-6-10-14(13)20-16/h5-6,9-12H,2-4,7-8H2,1H3,(H,19,24)(H,20,21,23)/t11-/m0/s1. The van der Waals surface area contributed by atoms with Crippen LogP contribution in [0.25, 0.3) is 22.1 Å². The summed E-state index contributed by atoms with van der Waals surface area (Å²) in [6, 6.07) is 8.25. The van der Waals surface area contributed by atoms with Crippen molar-refractivity contribution in [2.24, 2.45) is 0 Å². The van der Waals surface area contributed by atoms with Crippen molar-refractivity contribution in [2.45, 2.75) is 55.5 Å². The van der Waals surface area contributed by atoms with E-state index in [2.05, 4.69) is 25.5 Å². The maximum Gasteiger partial charge on any atom is 0.233 e. The van der Waals surface area contributed by atoms with Crippen LogP contribution >= 0.6 is 11.8 Å². The molecule has 1 atom stereocenters. The highest BCUT2D eigenvalue weighted by Crippen LogP contribution is 2.25. The van der Waals surface area contributed by atoms with E-state index < -0.39 is 0 Å². The number of rotatable bonds is 4. The van der Waals surface area contributed by atoms with Crippen LogP contribution in [-0.4, -0.2) is 37.4 Å². The minimum absolute atomic E-state index is 0.0530. The second-order valence-corrected chi connectivity index (χ2v) is 7.87. The van der Waals surface area contributed by atoms with Crippen molar-refractivity contribution >= 4 is 39.7 Å². The Morgan fingerprint density at radius 2 is 2.04 bits per heavy atom. The van der Waals surface area contributed by atoms with Crippen LogP contribution in [0.3, 0.4) is 0 Å². The van der Waals surface area contributed by atoms with Gasteiger partial charge in [-0.05, 0) is 25.8 Å². The minimum Gasteiger partial charge on any atom is -0.352 e. The number of thioether (sulfide) groups is 1. The lowest BCUT2D eigenvalue weighted by molar-refractivity contribution is -0.121. The van der Waals surface area contributed by atoms with Crippen LogP contribution in [0.4, 0.5) is 0 Å². The molecule has 2 heterocycles. The number of aromatic amines is 1. The van der Waals surface area contributed by atoms with Gasteiger partial charge in [-0.25, -0.2) is 4.98 Å². The quantitative estimate of drug-likeness (QED) is 0.701. The van der Waals surface area contributed by atoms with Gasteiger partial charge >= 0.3 is 0 Å². The summed E-state index contributed by atoms with van der Waals surface area (Å²) in [6.45, 7) is 1.89. The third-order valence-corrected chi connectivity index (χ3v) is 5.66. The Labute approximate surface area is 150 Å². The number of nitrogens with one attached hydrogen (secondary N) is 2. The molecular weight excluding hydrogens is 334 g/mol. The number of aromatic nitrogens is 4. The van der Waals surface area contributed by atoms with Crippen LogP contribution in [0.2, 0.25) is 0 Å². The summed E-state index contributed by atoms with van der Waals surface area (Å²) >= 11 is 1.35. The van der Waals surface area contributed by atoms with Crippen LogP contribution < -0.4 is 5.32 Å². The third-order valence-electron chi connectivity index (χ3n) is 4.71. The molecule has 1 saturated carbocycles. The smallest absolute Gasteiger partial charge is 0.233 e. The Balaban J connectivity index is 1.47. The van der Waals surface area contributed by atoms with Crippen LogP contribution in [0, 0.1) is 0 Å². The van der Waals surface area contributed by atoms with Crippen molar-refractivity contribution in [1.82, 2.24) is 25.5 Å².